The molecule has 0 unspecified atom stereocenters. The van der Waals surface area contributed by atoms with Gasteiger partial charge in [0.15, 0.2) is 0 Å². The van der Waals surface area contributed by atoms with Crippen LogP contribution >= 0.6 is 7.75 Å². The number of rotatable bonds is 4. The van der Waals surface area contributed by atoms with Crippen LogP contribution in [0.2, 0.25) is 0 Å². The maximum absolute atomic E-state index is 12.8. The summed E-state index contributed by atoms with van der Waals surface area (Å²) in [5, 5.41) is 3.62. The Kier molecular flexibility index (Phi) is 3.92. The Balaban J connectivity index is 1.69. The van der Waals surface area contributed by atoms with E-state index in [1.54, 1.807) is 12.1 Å². The summed E-state index contributed by atoms with van der Waals surface area (Å²) < 4.78 is 23.9. The van der Waals surface area contributed by atoms with Crippen molar-refractivity contribution in [3.8, 4) is 11.5 Å². The lowest BCUT2D eigenvalue weighted by molar-refractivity contribution is 0.390. The van der Waals surface area contributed by atoms with E-state index in [0.29, 0.717) is 11.5 Å². The Labute approximate surface area is 145 Å². The second kappa shape index (κ2) is 6.25. The predicted octanol–water partition coefficient (Wildman–Crippen LogP) is 5.52. The van der Waals surface area contributed by atoms with Crippen molar-refractivity contribution in [1.29, 1.82) is 0 Å². The fourth-order valence-electron chi connectivity index (χ4n) is 2.84. The summed E-state index contributed by atoms with van der Waals surface area (Å²) in [5.41, 5.74) is 5.87. The van der Waals surface area contributed by atoms with Gasteiger partial charge in [-0.1, -0.05) is 72.8 Å². The molecule has 0 amide bonds. The summed E-state index contributed by atoms with van der Waals surface area (Å²) in [4.78, 5) is 0. The second-order valence-electron chi connectivity index (χ2n) is 5.68. The number of fused-ring (bicyclic) bond motifs is 2. The lowest BCUT2D eigenvalue weighted by atomic mass is 10.1. The number of hydrogen-bond acceptors (Lipinski definition) is 3. The van der Waals surface area contributed by atoms with Gasteiger partial charge in [0.25, 0.3) is 0 Å². The topological polar surface area (TPSA) is 61.6 Å². The molecule has 0 saturated heterocycles. The lowest BCUT2D eigenvalue weighted by Gasteiger charge is -2.17. The van der Waals surface area contributed by atoms with Crippen LogP contribution in [0.3, 0.4) is 0 Å². The van der Waals surface area contributed by atoms with Gasteiger partial charge in [-0.05, 0) is 22.9 Å². The molecule has 0 fully saturated rings. The van der Waals surface area contributed by atoms with E-state index >= 15 is 0 Å². The van der Waals surface area contributed by atoms with Crippen LogP contribution in [-0.4, -0.2) is 0 Å². The van der Waals surface area contributed by atoms with Gasteiger partial charge in [-0.15, -0.1) is 0 Å². The van der Waals surface area contributed by atoms with Crippen LogP contribution in [0.25, 0.3) is 21.5 Å². The van der Waals surface area contributed by atoms with Gasteiger partial charge in [0, 0.05) is 10.8 Å². The molecule has 4 nitrogen and oxygen atoms in total. The fourth-order valence-corrected chi connectivity index (χ4v) is 3.75. The standard InChI is InChI=1S/C20H16NO3P/c21-25(22,23-19-13-5-9-15-7-1-3-11-17(15)19)24-20-14-6-10-16-8-2-4-12-18(16)20/h1-14H,(H2,21,22). The Morgan fingerprint density at radius 1 is 0.600 bits per heavy atom. The first kappa shape index (κ1) is 15.7. The second-order valence-corrected chi connectivity index (χ2v) is 7.12. The minimum atomic E-state index is -3.85. The Morgan fingerprint density at radius 2 is 1.00 bits per heavy atom. The number of nitrogens with two attached hydrogens (primary N) is 1. The summed E-state index contributed by atoms with van der Waals surface area (Å²) in [5.74, 6) is 0.869. The first-order chi connectivity index (χ1) is 12.1. The average molecular weight is 349 g/mol. The van der Waals surface area contributed by atoms with E-state index < -0.39 is 7.75 Å². The predicted molar refractivity (Wildman–Crippen MR) is 101 cm³/mol. The summed E-state index contributed by atoms with van der Waals surface area (Å²) >= 11 is 0. The molecule has 0 atom stereocenters. The lowest BCUT2D eigenvalue weighted by Crippen LogP contribution is -2.09. The van der Waals surface area contributed by atoms with Crippen molar-refractivity contribution in [3.63, 3.8) is 0 Å². The fraction of sp³-hybridized carbons (Fsp3) is 0. The first-order valence-electron chi connectivity index (χ1n) is 7.86. The van der Waals surface area contributed by atoms with Crippen LogP contribution < -0.4 is 14.6 Å². The number of hydrogen-bond donors (Lipinski definition) is 1. The molecule has 0 aliphatic carbocycles. The van der Waals surface area contributed by atoms with Crippen molar-refractivity contribution in [2.24, 2.45) is 5.50 Å². The van der Waals surface area contributed by atoms with Crippen molar-refractivity contribution in [1.82, 2.24) is 0 Å². The highest BCUT2D eigenvalue weighted by Crippen LogP contribution is 2.44. The average Bonchev–Trinajstić information content (AvgIpc) is 2.62. The van der Waals surface area contributed by atoms with E-state index in [1.807, 2.05) is 72.8 Å². The van der Waals surface area contributed by atoms with Gasteiger partial charge in [0.1, 0.15) is 11.5 Å². The maximum Gasteiger partial charge on any atom is 0.510 e. The highest BCUT2D eigenvalue weighted by Gasteiger charge is 2.24. The molecule has 0 heterocycles. The van der Waals surface area contributed by atoms with Crippen molar-refractivity contribution in [2.75, 3.05) is 0 Å². The van der Waals surface area contributed by atoms with Gasteiger partial charge in [0.05, 0.1) is 0 Å². The minimum absolute atomic E-state index is 0.434. The van der Waals surface area contributed by atoms with Crippen LogP contribution in [0, 0.1) is 0 Å². The molecule has 0 aliphatic rings. The first-order valence-corrected chi connectivity index (χ1v) is 9.47. The third-order valence-electron chi connectivity index (χ3n) is 3.95. The SMILES string of the molecule is NP(=O)(Oc1cccc2ccccc12)Oc1cccc2ccccc12. The highest BCUT2D eigenvalue weighted by atomic mass is 31.2. The molecular formula is C20H16NO3P. The Morgan fingerprint density at radius 3 is 1.48 bits per heavy atom. The maximum atomic E-state index is 12.8. The van der Waals surface area contributed by atoms with Crippen molar-refractivity contribution in [3.05, 3.63) is 84.9 Å². The summed E-state index contributed by atoms with van der Waals surface area (Å²) in [6.45, 7) is 0. The Bertz CT molecular complexity index is 1010. The van der Waals surface area contributed by atoms with E-state index in [2.05, 4.69) is 0 Å². The quantitative estimate of drug-likeness (QED) is 0.493. The molecule has 4 aromatic carbocycles. The van der Waals surface area contributed by atoms with Crippen LogP contribution in [0.5, 0.6) is 11.5 Å². The van der Waals surface area contributed by atoms with Crippen molar-refractivity contribution >= 4 is 29.3 Å². The summed E-state index contributed by atoms with van der Waals surface area (Å²) in [6.07, 6.45) is 0. The third-order valence-corrected chi connectivity index (χ3v) is 4.85. The zero-order valence-electron chi connectivity index (χ0n) is 13.3. The summed E-state index contributed by atoms with van der Waals surface area (Å²) in [6, 6.07) is 26.4. The molecule has 0 spiro atoms. The van der Waals surface area contributed by atoms with Gasteiger partial charge in [-0.25, -0.2) is 10.1 Å². The zero-order chi connectivity index (χ0) is 17.3. The van der Waals surface area contributed by atoms with Crippen molar-refractivity contribution in [2.45, 2.75) is 0 Å². The summed E-state index contributed by atoms with van der Waals surface area (Å²) in [7, 11) is -3.85. The Hall–Kier alpha value is -2.81. The van der Waals surface area contributed by atoms with Crippen molar-refractivity contribution < 1.29 is 13.6 Å². The highest BCUT2D eigenvalue weighted by molar-refractivity contribution is 7.52. The van der Waals surface area contributed by atoms with E-state index in [9.17, 15) is 4.57 Å². The van der Waals surface area contributed by atoms with Gasteiger partial charge in [0.2, 0.25) is 0 Å². The van der Waals surface area contributed by atoms with Crippen LogP contribution in [0.15, 0.2) is 84.9 Å². The molecule has 5 heteroatoms. The monoisotopic (exact) mass is 349 g/mol. The largest absolute Gasteiger partial charge is 0.510 e. The molecule has 0 bridgehead atoms. The van der Waals surface area contributed by atoms with Gasteiger partial charge in [-0.3, -0.25) is 0 Å². The van der Waals surface area contributed by atoms with Gasteiger partial charge in [-0.2, -0.15) is 0 Å². The molecule has 124 valence electrons. The number of benzene rings is 4. The molecule has 4 rings (SSSR count). The van der Waals surface area contributed by atoms with E-state index in [-0.39, 0.29) is 0 Å². The molecule has 0 aromatic heterocycles. The van der Waals surface area contributed by atoms with E-state index in [4.69, 9.17) is 14.6 Å². The van der Waals surface area contributed by atoms with Crippen LogP contribution in [0.4, 0.5) is 0 Å². The normalized spacial score (nSPS) is 11.6. The third kappa shape index (κ3) is 3.22. The molecule has 0 aliphatic heterocycles. The van der Waals surface area contributed by atoms with Crippen LogP contribution in [0.1, 0.15) is 0 Å². The molecule has 2 N–H and O–H groups in total. The molecule has 4 aromatic rings. The van der Waals surface area contributed by atoms with Gasteiger partial charge < -0.3 is 9.05 Å². The van der Waals surface area contributed by atoms with E-state index in [0.717, 1.165) is 21.5 Å². The molecule has 0 saturated carbocycles. The molecule has 0 radical (unpaired) electrons. The van der Waals surface area contributed by atoms with Crippen LogP contribution in [-0.2, 0) is 4.57 Å². The zero-order valence-corrected chi connectivity index (χ0v) is 14.2. The smallest absolute Gasteiger partial charge is 0.404 e. The van der Waals surface area contributed by atoms with E-state index in [1.165, 1.54) is 0 Å². The van der Waals surface area contributed by atoms with Gasteiger partial charge >= 0.3 is 7.75 Å². The molecule has 25 heavy (non-hydrogen) atoms. The minimum Gasteiger partial charge on any atom is -0.404 e. The molecular weight excluding hydrogens is 333 g/mol.